The first-order valence-corrected chi connectivity index (χ1v) is 5.78. The van der Waals surface area contributed by atoms with Crippen molar-refractivity contribution < 1.29 is 14.4 Å². The zero-order chi connectivity index (χ0) is 11.3. The van der Waals surface area contributed by atoms with Crippen LogP contribution in [0.3, 0.4) is 0 Å². The van der Waals surface area contributed by atoms with Gasteiger partial charge < -0.3 is 4.74 Å². The van der Waals surface area contributed by atoms with E-state index in [9.17, 15) is 4.79 Å². The molecule has 0 fully saturated rings. The number of carbonyl (C=O) groups excluding carboxylic acids is 1. The zero-order valence-corrected chi connectivity index (χ0v) is 9.47. The monoisotopic (exact) mass is 231 g/mol. The molecule has 0 amide bonds. The van der Waals surface area contributed by atoms with Gasteiger partial charge >= 0.3 is 5.97 Å². The Morgan fingerprint density at radius 3 is 3.07 bits per heavy atom. The summed E-state index contributed by atoms with van der Waals surface area (Å²) in [6, 6.07) is 0. The molecule has 0 aliphatic carbocycles. The second-order valence-corrected chi connectivity index (χ2v) is 4.29. The van der Waals surface area contributed by atoms with E-state index in [0.29, 0.717) is 18.1 Å². The molecule has 0 aromatic carbocycles. The minimum absolute atomic E-state index is 0.138. The van der Waals surface area contributed by atoms with Gasteiger partial charge in [0.1, 0.15) is 0 Å². The van der Waals surface area contributed by atoms with Crippen molar-refractivity contribution in [1.82, 2.24) is 0 Å². The maximum absolute atomic E-state index is 11.1. The van der Waals surface area contributed by atoms with Crippen molar-refractivity contribution in [3.63, 3.8) is 0 Å². The van der Waals surface area contributed by atoms with Gasteiger partial charge in [-0.2, -0.15) is 0 Å². The van der Waals surface area contributed by atoms with Gasteiger partial charge in [-0.25, -0.2) is 9.83 Å². The maximum Gasteiger partial charge on any atom is 0.311 e. The number of aliphatic imine (C=N–C) groups is 1. The third-order valence-electron chi connectivity index (χ3n) is 1.60. The first kappa shape index (κ1) is 12.0. The van der Waals surface area contributed by atoms with Crippen LogP contribution in [-0.2, 0) is 25.1 Å². The minimum atomic E-state index is -0.648. The minimum Gasteiger partial charge on any atom is -0.466 e. The van der Waals surface area contributed by atoms with Crippen molar-refractivity contribution in [2.24, 2.45) is 9.52 Å². The Bertz CT molecular complexity index is 338. The van der Waals surface area contributed by atoms with E-state index in [4.69, 9.17) is 10.1 Å². The smallest absolute Gasteiger partial charge is 0.311 e. The lowest BCUT2D eigenvalue weighted by molar-refractivity contribution is -0.141. The molecule has 1 N–H and O–H groups in total. The van der Waals surface area contributed by atoms with Crippen molar-refractivity contribution in [1.29, 1.82) is 5.41 Å². The number of ether oxygens (including phenoxy) is 1. The molecular weight excluding hydrogens is 218 g/mol. The lowest BCUT2D eigenvalue weighted by Crippen LogP contribution is -2.13. The van der Waals surface area contributed by atoms with Crippen molar-refractivity contribution in [2.45, 2.75) is 13.3 Å². The van der Waals surface area contributed by atoms with E-state index in [2.05, 4.69) is 14.4 Å². The highest BCUT2D eigenvalue weighted by Crippen LogP contribution is 2.08. The Kier molecular flexibility index (Phi) is 4.57. The largest absolute Gasteiger partial charge is 0.466 e. The number of carbonyl (C=O) groups is 1. The summed E-state index contributed by atoms with van der Waals surface area (Å²) in [6.07, 6.45) is 0.138. The normalized spacial score (nSPS) is 20.5. The van der Waals surface area contributed by atoms with Crippen LogP contribution < -0.4 is 0 Å². The second-order valence-electron chi connectivity index (χ2n) is 2.73. The Balaban J connectivity index is 2.54. The maximum atomic E-state index is 11.1. The van der Waals surface area contributed by atoms with Crippen LogP contribution in [-0.4, -0.2) is 36.3 Å². The van der Waals surface area contributed by atoms with Crippen molar-refractivity contribution in [3.8, 4) is 0 Å². The SMILES string of the molecule is CCOC(=O)CC1=NC(=N)S(=NOC)C1. The molecule has 1 aliphatic heterocycles. The molecule has 0 saturated carbocycles. The standard InChI is InChI=1S/C8H13N3O3S/c1-3-14-7(12)4-6-5-15(11-13-2)8(9)10-6/h9H,3-5H2,1-2H3. The van der Waals surface area contributed by atoms with Gasteiger partial charge in [0.25, 0.3) is 0 Å². The van der Waals surface area contributed by atoms with Crippen LogP contribution in [0.4, 0.5) is 0 Å². The summed E-state index contributed by atoms with van der Waals surface area (Å²) in [6.45, 7) is 2.11. The van der Waals surface area contributed by atoms with Crippen molar-refractivity contribution >= 4 is 27.5 Å². The first-order valence-electron chi connectivity index (χ1n) is 4.43. The van der Waals surface area contributed by atoms with E-state index >= 15 is 0 Å². The fourth-order valence-corrected chi connectivity index (χ4v) is 2.23. The molecule has 1 aliphatic rings. The topological polar surface area (TPSA) is 84.1 Å². The van der Waals surface area contributed by atoms with E-state index in [1.54, 1.807) is 6.92 Å². The molecule has 0 spiro atoms. The molecule has 0 bridgehead atoms. The molecule has 1 atom stereocenters. The third kappa shape index (κ3) is 3.52. The number of nitrogens with zero attached hydrogens (tertiary/aromatic N) is 2. The highest BCUT2D eigenvalue weighted by atomic mass is 32.2. The van der Waals surface area contributed by atoms with Gasteiger partial charge in [-0.05, 0) is 6.92 Å². The molecule has 84 valence electrons. The van der Waals surface area contributed by atoms with Crippen LogP contribution >= 0.6 is 0 Å². The Hall–Kier alpha value is -1.08. The molecule has 1 unspecified atom stereocenters. The summed E-state index contributed by atoms with van der Waals surface area (Å²) in [5, 5.41) is 7.65. The van der Waals surface area contributed by atoms with Gasteiger partial charge in [0.05, 0.1) is 25.9 Å². The van der Waals surface area contributed by atoms with Gasteiger partial charge in [0.2, 0.25) is 0 Å². The predicted octanol–water partition coefficient (Wildman–Crippen LogP) is 0.692. The van der Waals surface area contributed by atoms with Gasteiger partial charge in [0, 0.05) is 16.4 Å². The van der Waals surface area contributed by atoms with Crippen LogP contribution in [0.5, 0.6) is 0 Å². The van der Waals surface area contributed by atoms with E-state index in [0.717, 1.165) is 0 Å². The lowest BCUT2D eigenvalue weighted by Gasteiger charge is -1.99. The van der Waals surface area contributed by atoms with Crippen LogP contribution in [0, 0.1) is 5.41 Å². The van der Waals surface area contributed by atoms with Crippen LogP contribution in [0.25, 0.3) is 0 Å². The predicted molar refractivity (Wildman–Crippen MR) is 58.1 cm³/mol. The number of hydrogen-bond acceptors (Lipinski definition) is 5. The zero-order valence-electron chi connectivity index (χ0n) is 8.65. The average Bonchev–Trinajstić information content (AvgIpc) is 2.48. The Morgan fingerprint density at radius 2 is 2.47 bits per heavy atom. The molecule has 1 rings (SSSR count). The summed E-state index contributed by atoms with van der Waals surface area (Å²) >= 11 is 0. The molecule has 0 aromatic rings. The Morgan fingerprint density at radius 1 is 1.73 bits per heavy atom. The average molecular weight is 231 g/mol. The van der Waals surface area contributed by atoms with E-state index < -0.39 is 10.7 Å². The first-order chi connectivity index (χ1) is 7.17. The number of amidine groups is 1. The van der Waals surface area contributed by atoms with E-state index in [-0.39, 0.29) is 17.6 Å². The second kappa shape index (κ2) is 5.72. The fraction of sp³-hybridized carbons (Fsp3) is 0.625. The quantitative estimate of drug-likeness (QED) is 0.570. The molecule has 0 radical (unpaired) electrons. The van der Waals surface area contributed by atoms with Gasteiger partial charge in [-0.1, -0.05) is 0 Å². The summed E-state index contributed by atoms with van der Waals surface area (Å²) in [5.74, 6) is 0.179. The summed E-state index contributed by atoms with van der Waals surface area (Å²) in [5.41, 5.74) is 0.641. The molecule has 7 heteroatoms. The van der Waals surface area contributed by atoms with Gasteiger partial charge in [-0.3, -0.25) is 10.2 Å². The van der Waals surface area contributed by atoms with Gasteiger partial charge in [-0.15, -0.1) is 4.53 Å². The molecule has 1 heterocycles. The summed E-state index contributed by atoms with van der Waals surface area (Å²) < 4.78 is 8.53. The Labute approximate surface area is 90.2 Å². The molecule has 6 nitrogen and oxygen atoms in total. The number of rotatable bonds is 4. The third-order valence-corrected chi connectivity index (χ3v) is 3.08. The van der Waals surface area contributed by atoms with Crippen LogP contribution in [0.15, 0.2) is 9.52 Å². The highest BCUT2D eigenvalue weighted by Gasteiger charge is 2.20. The summed E-state index contributed by atoms with van der Waals surface area (Å²) in [7, 11) is 0.786. The van der Waals surface area contributed by atoms with E-state index in [1.807, 2.05) is 0 Å². The van der Waals surface area contributed by atoms with Crippen LogP contribution in [0.1, 0.15) is 13.3 Å². The molecule has 0 saturated heterocycles. The molecule has 0 aromatic heterocycles. The van der Waals surface area contributed by atoms with E-state index in [1.165, 1.54) is 7.11 Å². The lowest BCUT2D eigenvalue weighted by atomic mass is 10.3. The van der Waals surface area contributed by atoms with Gasteiger partial charge in [0.15, 0.2) is 5.17 Å². The molecular formula is C8H13N3O3S. The number of esters is 1. The van der Waals surface area contributed by atoms with Crippen molar-refractivity contribution in [3.05, 3.63) is 0 Å². The highest BCUT2D eigenvalue weighted by molar-refractivity contribution is 8.03. The molecule has 15 heavy (non-hydrogen) atoms. The van der Waals surface area contributed by atoms with Crippen LogP contribution in [0.2, 0.25) is 0 Å². The number of nitrogens with one attached hydrogen (secondary N) is 1. The fourth-order valence-electron chi connectivity index (χ4n) is 1.08. The van der Waals surface area contributed by atoms with Crippen molar-refractivity contribution in [2.75, 3.05) is 19.5 Å². The summed E-state index contributed by atoms with van der Waals surface area (Å²) in [4.78, 5) is 19.7. The number of hydrogen-bond donors (Lipinski definition) is 1.